The average Bonchev–Trinajstić information content (AvgIpc) is 2.89. The predicted octanol–water partition coefficient (Wildman–Crippen LogP) is 0.736. The Morgan fingerprint density at radius 3 is 2.53 bits per heavy atom. The maximum atomic E-state index is 12.0. The molecule has 1 saturated heterocycles. The van der Waals surface area contributed by atoms with Gasteiger partial charge in [-0.15, -0.1) is 0 Å². The van der Waals surface area contributed by atoms with Crippen LogP contribution in [-0.2, 0) is 9.59 Å². The van der Waals surface area contributed by atoms with Crippen LogP contribution in [0.15, 0.2) is 30.3 Å². The van der Waals surface area contributed by atoms with Crippen LogP contribution in [0.1, 0.15) is 29.6 Å². The fraction of sp³-hybridized carbons (Fsp3) is 0.357. The van der Waals surface area contributed by atoms with E-state index in [2.05, 4.69) is 0 Å². The van der Waals surface area contributed by atoms with Crippen LogP contribution < -0.4 is 5.73 Å². The number of carbonyl (C=O) groups excluding carboxylic acids is 3. The minimum atomic E-state index is -0.559. The van der Waals surface area contributed by atoms with Crippen molar-refractivity contribution in [2.75, 3.05) is 6.54 Å². The van der Waals surface area contributed by atoms with Gasteiger partial charge in [0.25, 0.3) is 0 Å². The van der Waals surface area contributed by atoms with Gasteiger partial charge in [-0.3, -0.25) is 14.4 Å². The molecule has 0 aliphatic carbocycles. The zero-order valence-corrected chi connectivity index (χ0v) is 10.5. The van der Waals surface area contributed by atoms with Gasteiger partial charge in [0.1, 0.15) is 6.04 Å². The summed E-state index contributed by atoms with van der Waals surface area (Å²) < 4.78 is 0. The first-order chi connectivity index (χ1) is 9.09. The number of rotatable bonds is 4. The third kappa shape index (κ3) is 2.99. The SMILES string of the molecule is NC(=O)C1CCCN1C(=O)CC(=O)c1ccccc1. The van der Waals surface area contributed by atoms with Gasteiger partial charge in [0.05, 0.1) is 6.42 Å². The fourth-order valence-electron chi connectivity index (χ4n) is 2.33. The van der Waals surface area contributed by atoms with Crippen molar-refractivity contribution in [2.24, 2.45) is 5.73 Å². The van der Waals surface area contributed by atoms with Crippen molar-refractivity contribution in [3.8, 4) is 0 Å². The highest BCUT2D eigenvalue weighted by Gasteiger charge is 2.33. The highest BCUT2D eigenvalue weighted by Crippen LogP contribution is 2.18. The highest BCUT2D eigenvalue weighted by atomic mass is 16.2. The summed E-state index contributed by atoms with van der Waals surface area (Å²) in [5.74, 6) is -1.06. The van der Waals surface area contributed by atoms with Crippen molar-refractivity contribution < 1.29 is 14.4 Å². The highest BCUT2D eigenvalue weighted by molar-refractivity contribution is 6.08. The second kappa shape index (κ2) is 5.65. The van der Waals surface area contributed by atoms with E-state index >= 15 is 0 Å². The molecule has 1 aliphatic heterocycles. The van der Waals surface area contributed by atoms with Gasteiger partial charge in [-0.2, -0.15) is 0 Å². The minimum absolute atomic E-state index is 0.214. The van der Waals surface area contributed by atoms with E-state index < -0.39 is 11.9 Å². The first-order valence-electron chi connectivity index (χ1n) is 6.26. The van der Waals surface area contributed by atoms with Gasteiger partial charge in [0.2, 0.25) is 11.8 Å². The lowest BCUT2D eigenvalue weighted by Crippen LogP contribution is -2.44. The number of ketones is 1. The van der Waals surface area contributed by atoms with Crippen molar-refractivity contribution in [2.45, 2.75) is 25.3 Å². The van der Waals surface area contributed by atoms with Gasteiger partial charge in [0, 0.05) is 12.1 Å². The second-order valence-electron chi connectivity index (χ2n) is 4.61. The minimum Gasteiger partial charge on any atom is -0.368 e. The zero-order chi connectivity index (χ0) is 13.8. The smallest absolute Gasteiger partial charge is 0.240 e. The summed E-state index contributed by atoms with van der Waals surface area (Å²) in [4.78, 5) is 36.6. The fourth-order valence-corrected chi connectivity index (χ4v) is 2.33. The largest absolute Gasteiger partial charge is 0.368 e. The molecule has 2 rings (SSSR count). The van der Waals surface area contributed by atoms with Crippen LogP contribution in [0.25, 0.3) is 0 Å². The molecule has 0 radical (unpaired) electrons. The van der Waals surface area contributed by atoms with Gasteiger partial charge in [-0.05, 0) is 12.8 Å². The molecule has 0 saturated carbocycles. The molecule has 5 nitrogen and oxygen atoms in total. The molecule has 2 amide bonds. The van der Waals surface area contributed by atoms with Crippen LogP contribution in [-0.4, -0.2) is 35.1 Å². The summed E-state index contributed by atoms with van der Waals surface area (Å²) in [5, 5.41) is 0. The molecular weight excluding hydrogens is 244 g/mol. The first-order valence-corrected chi connectivity index (χ1v) is 6.26. The quantitative estimate of drug-likeness (QED) is 0.640. The van der Waals surface area contributed by atoms with E-state index in [1.54, 1.807) is 24.3 Å². The number of carbonyl (C=O) groups is 3. The van der Waals surface area contributed by atoms with Crippen LogP contribution in [0.4, 0.5) is 0 Å². The van der Waals surface area contributed by atoms with E-state index in [0.29, 0.717) is 18.5 Å². The Kier molecular flexibility index (Phi) is 3.94. The maximum Gasteiger partial charge on any atom is 0.240 e. The lowest BCUT2D eigenvalue weighted by molar-refractivity contribution is -0.136. The summed E-state index contributed by atoms with van der Waals surface area (Å²) in [7, 11) is 0. The monoisotopic (exact) mass is 260 g/mol. The zero-order valence-electron chi connectivity index (χ0n) is 10.5. The Bertz CT molecular complexity index is 499. The number of likely N-dealkylation sites (tertiary alicyclic amines) is 1. The average molecular weight is 260 g/mol. The summed E-state index contributed by atoms with van der Waals surface area (Å²) in [5.41, 5.74) is 5.76. The third-order valence-corrected chi connectivity index (χ3v) is 3.31. The summed E-state index contributed by atoms with van der Waals surface area (Å²) in [6, 6.07) is 8.09. The number of Topliss-reactive ketones (excluding diaryl/α,β-unsaturated/α-hetero) is 1. The van der Waals surface area contributed by atoms with Crippen LogP contribution in [0.2, 0.25) is 0 Å². The number of benzene rings is 1. The van der Waals surface area contributed by atoms with Gasteiger partial charge in [0.15, 0.2) is 5.78 Å². The Hall–Kier alpha value is -2.17. The molecule has 1 aromatic carbocycles. The summed E-state index contributed by atoms with van der Waals surface area (Å²) >= 11 is 0. The van der Waals surface area contributed by atoms with Crippen LogP contribution in [0, 0.1) is 0 Å². The van der Waals surface area contributed by atoms with Crippen LogP contribution in [0.5, 0.6) is 0 Å². The van der Waals surface area contributed by atoms with Crippen molar-refractivity contribution in [1.29, 1.82) is 0 Å². The van der Waals surface area contributed by atoms with Crippen LogP contribution in [0.3, 0.4) is 0 Å². The third-order valence-electron chi connectivity index (χ3n) is 3.31. The van der Waals surface area contributed by atoms with E-state index in [1.165, 1.54) is 4.90 Å². The van der Waals surface area contributed by atoms with Crippen molar-refractivity contribution in [3.05, 3.63) is 35.9 Å². The molecule has 19 heavy (non-hydrogen) atoms. The van der Waals surface area contributed by atoms with Crippen molar-refractivity contribution in [1.82, 2.24) is 4.90 Å². The van der Waals surface area contributed by atoms with Gasteiger partial charge in [-0.1, -0.05) is 30.3 Å². The standard InChI is InChI=1S/C14H16N2O3/c15-14(19)11-7-4-8-16(11)13(18)9-12(17)10-5-2-1-3-6-10/h1-3,5-6,11H,4,7-9H2,(H2,15,19). The predicted molar refractivity (Wildman–Crippen MR) is 69.3 cm³/mol. The molecule has 1 atom stereocenters. The summed E-state index contributed by atoms with van der Waals surface area (Å²) in [6.07, 6.45) is 1.12. The molecule has 5 heteroatoms. The second-order valence-corrected chi connectivity index (χ2v) is 4.61. The van der Waals surface area contributed by atoms with E-state index in [1.807, 2.05) is 6.07 Å². The van der Waals surface area contributed by atoms with E-state index in [4.69, 9.17) is 5.73 Å². The molecule has 100 valence electrons. The van der Waals surface area contributed by atoms with Gasteiger partial charge < -0.3 is 10.6 Å². The molecule has 0 spiro atoms. The maximum absolute atomic E-state index is 12.0. The van der Waals surface area contributed by atoms with Crippen LogP contribution >= 0.6 is 0 Å². The number of hydrogen-bond acceptors (Lipinski definition) is 3. The Labute approximate surface area is 111 Å². The van der Waals surface area contributed by atoms with E-state index in [9.17, 15) is 14.4 Å². The van der Waals surface area contributed by atoms with E-state index in [0.717, 1.165) is 6.42 Å². The van der Waals surface area contributed by atoms with Crippen molar-refractivity contribution >= 4 is 17.6 Å². The molecule has 0 aromatic heterocycles. The molecular formula is C14H16N2O3. The first kappa shape index (κ1) is 13.3. The number of hydrogen-bond donors (Lipinski definition) is 1. The molecule has 1 fully saturated rings. The molecule has 1 heterocycles. The van der Waals surface area contributed by atoms with Gasteiger partial charge in [-0.25, -0.2) is 0 Å². The normalized spacial score (nSPS) is 18.3. The summed E-state index contributed by atoms with van der Waals surface area (Å²) in [6.45, 7) is 0.495. The number of amides is 2. The Balaban J connectivity index is 2.01. The number of primary amides is 1. The van der Waals surface area contributed by atoms with Crippen molar-refractivity contribution in [3.63, 3.8) is 0 Å². The molecule has 2 N–H and O–H groups in total. The number of nitrogens with two attached hydrogens (primary N) is 1. The Morgan fingerprint density at radius 2 is 1.89 bits per heavy atom. The molecule has 1 unspecified atom stereocenters. The topological polar surface area (TPSA) is 80.5 Å². The molecule has 1 aromatic rings. The van der Waals surface area contributed by atoms with E-state index in [-0.39, 0.29) is 18.1 Å². The van der Waals surface area contributed by atoms with Gasteiger partial charge >= 0.3 is 0 Å². The molecule has 1 aliphatic rings. The number of nitrogens with zero attached hydrogens (tertiary/aromatic N) is 1. The lowest BCUT2D eigenvalue weighted by Gasteiger charge is -2.21. The Morgan fingerprint density at radius 1 is 1.21 bits per heavy atom. The lowest BCUT2D eigenvalue weighted by atomic mass is 10.1. The molecule has 0 bridgehead atoms.